The van der Waals surface area contributed by atoms with Gasteiger partial charge >= 0.3 is 5.97 Å². The molecule has 0 unspecified atom stereocenters. The fraction of sp³-hybridized carbons (Fsp3) is 0.0714. The number of oxime groups is 1. The SMILES string of the molecule is N/C(=N\OC(=O)COc1ccc(Cl)cc1)c1ccccn1. The second-order valence-corrected chi connectivity index (χ2v) is 4.33. The van der Waals surface area contributed by atoms with Crippen LogP contribution in [0.3, 0.4) is 0 Å². The fourth-order valence-electron chi connectivity index (χ4n) is 1.36. The molecular formula is C14H12ClN3O3. The first kappa shape index (κ1) is 14.8. The van der Waals surface area contributed by atoms with E-state index in [4.69, 9.17) is 22.1 Å². The van der Waals surface area contributed by atoms with Crippen LogP contribution in [-0.4, -0.2) is 23.4 Å². The number of ether oxygens (including phenoxy) is 1. The first-order valence-corrected chi connectivity index (χ1v) is 6.36. The molecule has 0 atom stereocenters. The van der Waals surface area contributed by atoms with Gasteiger partial charge in [-0.2, -0.15) is 0 Å². The predicted octanol–water partition coefficient (Wildman–Crippen LogP) is 1.98. The number of hydrogen-bond donors (Lipinski definition) is 1. The Bertz CT molecular complexity index is 630. The second-order valence-electron chi connectivity index (χ2n) is 3.90. The molecule has 0 saturated carbocycles. The zero-order valence-electron chi connectivity index (χ0n) is 10.9. The highest BCUT2D eigenvalue weighted by Crippen LogP contribution is 2.15. The number of rotatable bonds is 5. The zero-order valence-corrected chi connectivity index (χ0v) is 11.7. The van der Waals surface area contributed by atoms with E-state index in [0.717, 1.165) is 0 Å². The molecule has 0 fully saturated rings. The average molecular weight is 306 g/mol. The Morgan fingerprint density at radius 1 is 1.24 bits per heavy atom. The first-order valence-electron chi connectivity index (χ1n) is 5.98. The molecule has 1 heterocycles. The van der Waals surface area contributed by atoms with Gasteiger partial charge in [-0.25, -0.2) is 4.79 Å². The fourth-order valence-corrected chi connectivity index (χ4v) is 1.49. The molecule has 6 nitrogen and oxygen atoms in total. The number of carbonyl (C=O) groups is 1. The summed E-state index contributed by atoms with van der Waals surface area (Å²) in [5.74, 6) is -0.169. The van der Waals surface area contributed by atoms with Crippen molar-refractivity contribution in [1.82, 2.24) is 4.98 Å². The third-order valence-corrected chi connectivity index (χ3v) is 2.60. The van der Waals surface area contributed by atoms with E-state index in [9.17, 15) is 4.79 Å². The minimum atomic E-state index is -0.677. The van der Waals surface area contributed by atoms with Gasteiger partial charge in [0.1, 0.15) is 11.4 Å². The Kier molecular flexibility index (Phi) is 5.11. The van der Waals surface area contributed by atoms with E-state index in [1.807, 2.05) is 0 Å². The molecule has 0 radical (unpaired) electrons. The molecule has 7 heteroatoms. The molecule has 0 amide bonds. The van der Waals surface area contributed by atoms with Crippen LogP contribution in [0, 0.1) is 0 Å². The number of hydrogen-bond acceptors (Lipinski definition) is 5. The number of aromatic nitrogens is 1. The quantitative estimate of drug-likeness (QED) is 0.395. The Morgan fingerprint density at radius 2 is 2.00 bits per heavy atom. The Morgan fingerprint density at radius 3 is 2.67 bits per heavy atom. The van der Waals surface area contributed by atoms with Gasteiger partial charge in [0.2, 0.25) is 0 Å². The van der Waals surface area contributed by atoms with E-state index in [0.29, 0.717) is 16.5 Å². The molecule has 0 aliphatic rings. The number of pyridine rings is 1. The smallest absolute Gasteiger partial charge is 0.372 e. The summed E-state index contributed by atoms with van der Waals surface area (Å²) in [7, 11) is 0. The summed E-state index contributed by atoms with van der Waals surface area (Å²) in [6.07, 6.45) is 1.56. The van der Waals surface area contributed by atoms with Gasteiger partial charge in [0, 0.05) is 11.2 Å². The molecule has 21 heavy (non-hydrogen) atoms. The Labute approximate surface area is 126 Å². The van der Waals surface area contributed by atoms with Gasteiger partial charge in [-0.1, -0.05) is 22.8 Å². The van der Waals surface area contributed by atoms with E-state index in [2.05, 4.69) is 15.0 Å². The molecule has 2 aromatic rings. The zero-order chi connectivity index (χ0) is 15.1. The molecule has 0 bridgehead atoms. The van der Waals surface area contributed by atoms with Crippen LogP contribution in [0.5, 0.6) is 5.75 Å². The summed E-state index contributed by atoms with van der Waals surface area (Å²) in [4.78, 5) is 20.1. The van der Waals surface area contributed by atoms with E-state index in [1.165, 1.54) is 0 Å². The number of carbonyl (C=O) groups excluding carboxylic acids is 1. The Balaban J connectivity index is 1.83. The third-order valence-electron chi connectivity index (χ3n) is 2.34. The summed E-state index contributed by atoms with van der Waals surface area (Å²) < 4.78 is 5.20. The highest BCUT2D eigenvalue weighted by atomic mass is 35.5. The Hall–Kier alpha value is -2.60. The maximum Gasteiger partial charge on any atom is 0.372 e. The number of amidine groups is 1. The van der Waals surface area contributed by atoms with Crippen molar-refractivity contribution in [2.45, 2.75) is 0 Å². The maximum atomic E-state index is 11.5. The van der Waals surface area contributed by atoms with Crippen molar-refractivity contribution in [2.75, 3.05) is 6.61 Å². The average Bonchev–Trinajstić information content (AvgIpc) is 2.53. The van der Waals surface area contributed by atoms with Crippen LogP contribution in [0.4, 0.5) is 0 Å². The molecule has 0 saturated heterocycles. The van der Waals surface area contributed by atoms with Gasteiger partial charge in [0.25, 0.3) is 0 Å². The van der Waals surface area contributed by atoms with Crippen LogP contribution >= 0.6 is 11.6 Å². The van der Waals surface area contributed by atoms with Crippen LogP contribution < -0.4 is 10.5 Å². The van der Waals surface area contributed by atoms with Crippen molar-refractivity contribution >= 4 is 23.4 Å². The number of nitrogens with two attached hydrogens (primary N) is 1. The lowest BCUT2D eigenvalue weighted by Crippen LogP contribution is -2.18. The monoisotopic (exact) mass is 305 g/mol. The summed E-state index contributed by atoms with van der Waals surface area (Å²) >= 11 is 5.73. The molecular weight excluding hydrogens is 294 g/mol. The summed E-state index contributed by atoms with van der Waals surface area (Å²) in [5, 5.41) is 4.08. The van der Waals surface area contributed by atoms with E-state index in [-0.39, 0.29) is 12.4 Å². The third kappa shape index (κ3) is 4.77. The van der Waals surface area contributed by atoms with Crippen LogP contribution in [-0.2, 0) is 9.63 Å². The van der Waals surface area contributed by atoms with Gasteiger partial charge in [-0.05, 0) is 36.4 Å². The second kappa shape index (κ2) is 7.25. The maximum absolute atomic E-state index is 11.5. The van der Waals surface area contributed by atoms with E-state index in [1.54, 1.807) is 48.7 Å². The highest BCUT2D eigenvalue weighted by molar-refractivity contribution is 6.30. The predicted molar refractivity (Wildman–Crippen MR) is 78.0 cm³/mol. The molecule has 0 aliphatic carbocycles. The van der Waals surface area contributed by atoms with E-state index >= 15 is 0 Å². The van der Waals surface area contributed by atoms with Gasteiger partial charge in [0.15, 0.2) is 12.4 Å². The molecule has 2 N–H and O–H groups in total. The van der Waals surface area contributed by atoms with Gasteiger partial charge in [-0.15, -0.1) is 0 Å². The van der Waals surface area contributed by atoms with Gasteiger partial charge < -0.3 is 15.3 Å². The van der Waals surface area contributed by atoms with Crippen LogP contribution in [0.1, 0.15) is 5.69 Å². The van der Waals surface area contributed by atoms with Crippen LogP contribution in [0.2, 0.25) is 5.02 Å². The van der Waals surface area contributed by atoms with Crippen molar-refractivity contribution in [1.29, 1.82) is 0 Å². The van der Waals surface area contributed by atoms with Crippen LogP contribution in [0.25, 0.3) is 0 Å². The lowest BCUT2D eigenvalue weighted by atomic mass is 10.3. The summed E-state index contributed by atoms with van der Waals surface area (Å²) in [6, 6.07) is 11.7. The van der Waals surface area contributed by atoms with Gasteiger partial charge in [-0.3, -0.25) is 4.98 Å². The summed E-state index contributed by atoms with van der Waals surface area (Å²) in [6.45, 7) is -0.291. The van der Waals surface area contributed by atoms with Crippen LogP contribution in [0.15, 0.2) is 53.8 Å². The number of halogens is 1. The summed E-state index contributed by atoms with van der Waals surface area (Å²) in [5.41, 5.74) is 6.04. The molecule has 1 aromatic heterocycles. The lowest BCUT2D eigenvalue weighted by Gasteiger charge is -2.04. The van der Waals surface area contributed by atoms with Crippen molar-refractivity contribution in [3.8, 4) is 5.75 Å². The standard InChI is InChI=1S/C14H12ClN3O3/c15-10-4-6-11(7-5-10)20-9-13(19)21-18-14(16)12-3-1-2-8-17-12/h1-8H,9H2,(H2,16,18). The molecule has 0 spiro atoms. The number of benzene rings is 1. The van der Waals surface area contributed by atoms with Gasteiger partial charge in [0.05, 0.1) is 0 Å². The van der Waals surface area contributed by atoms with E-state index < -0.39 is 5.97 Å². The lowest BCUT2D eigenvalue weighted by molar-refractivity contribution is -0.146. The van der Waals surface area contributed by atoms with Crippen molar-refractivity contribution in [2.24, 2.45) is 10.9 Å². The normalized spacial score (nSPS) is 11.0. The highest BCUT2D eigenvalue weighted by Gasteiger charge is 2.06. The van der Waals surface area contributed by atoms with Crippen molar-refractivity contribution in [3.63, 3.8) is 0 Å². The minimum Gasteiger partial charge on any atom is -0.482 e. The molecule has 2 rings (SSSR count). The topological polar surface area (TPSA) is 86.8 Å². The molecule has 1 aromatic carbocycles. The first-order chi connectivity index (χ1) is 10.1. The minimum absolute atomic E-state index is 0.00967. The number of nitrogens with zero attached hydrogens (tertiary/aromatic N) is 2. The molecule has 108 valence electrons. The molecule has 0 aliphatic heterocycles. The largest absolute Gasteiger partial charge is 0.482 e. The van der Waals surface area contributed by atoms with Crippen molar-refractivity contribution in [3.05, 3.63) is 59.4 Å². The van der Waals surface area contributed by atoms with Crippen molar-refractivity contribution < 1.29 is 14.4 Å².